The second-order valence-electron chi connectivity index (χ2n) is 7.13. The number of aliphatic imine (C=N–C) groups is 1. The second kappa shape index (κ2) is 9.72. The van der Waals surface area contributed by atoms with Gasteiger partial charge < -0.3 is 14.6 Å². The minimum atomic E-state index is -0.566. The van der Waals surface area contributed by atoms with E-state index in [1.807, 2.05) is 0 Å². The first-order valence-electron chi connectivity index (χ1n) is 10.1. The van der Waals surface area contributed by atoms with Crippen molar-refractivity contribution in [1.29, 1.82) is 0 Å². The van der Waals surface area contributed by atoms with Gasteiger partial charge in [-0.25, -0.2) is 4.39 Å². The van der Waals surface area contributed by atoms with Gasteiger partial charge in [0.25, 0.3) is 5.56 Å². The number of ether oxygens (including phenoxy) is 2. The van der Waals surface area contributed by atoms with E-state index < -0.39 is 11.4 Å². The van der Waals surface area contributed by atoms with Crippen molar-refractivity contribution < 1.29 is 19.0 Å². The van der Waals surface area contributed by atoms with E-state index in [4.69, 9.17) is 21.7 Å². The number of hydrogen-bond acceptors (Lipinski definition) is 6. The summed E-state index contributed by atoms with van der Waals surface area (Å²) >= 11 is 5.62. The van der Waals surface area contributed by atoms with Crippen LogP contribution in [0.5, 0.6) is 17.4 Å². The molecule has 0 spiro atoms. The number of aromatic hydroxyl groups is 1. The van der Waals surface area contributed by atoms with E-state index in [0.29, 0.717) is 28.6 Å². The quantitative estimate of drug-likeness (QED) is 0.313. The first kappa shape index (κ1) is 22.9. The van der Waals surface area contributed by atoms with Crippen LogP contribution in [-0.4, -0.2) is 34.7 Å². The van der Waals surface area contributed by atoms with Gasteiger partial charge in [0.2, 0.25) is 5.88 Å². The van der Waals surface area contributed by atoms with Crippen LogP contribution in [-0.2, 0) is 0 Å². The monoisotopic (exact) mass is 477 g/mol. The minimum absolute atomic E-state index is 0.0526. The molecule has 1 heterocycles. The van der Waals surface area contributed by atoms with E-state index >= 15 is 0 Å². The SMILES string of the molecule is COc1ccc(-n2c(O)c(C=Nc3ccc(F)cc3)c(=O)n(-c3ccc(OC)cc3)c2=S)cc1. The number of benzene rings is 3. The number of rotatable bonds is 6. The van der Waals surface area contributed by atoms with E-state index in [-0.39, 0.29) is 16.2 Å². The number of hydrogen-bond donors (Lipinski definition) is 1. The highest BCUT2D eigenvalue weighted by Crippen LogP contribution is 2.24. The third kappa shape index (κ3) is 4.46. The smallest absolute Gasteiger partial charge is 0.271 e. The van der Waals surface area contributed by atoms with Gasteiger partial charge in [-0.3, -0.25) is 18.9 Å². The number of aromatic nitrogens is 2. The molecule has 4 rings (SSSR count). The first-order chi connectivity index (χ1) is 16.4. The lowest BCUT2D eigenvalue weighted by molar-refractivity contribution is 0.414. The van der Waals surface area contributed by atoms with Crippen molar-refractivity contribution >= 4 is 24.1 Å². The Bertz CT molecular complexity index is 1460. The number of halogens is 1. The fourth-order valence-corrected chi connectivity index (χ4v) is 3.70. The van der Waals surface area contributed by atoms with E-state index in [1.54, 1.807) is 62.8 Å². The molecule has 0 aliphatic heterocycles. The van der Waals surface area contributed by atoms with E-state index in [2.05, 4.69) is 4.99 Å². The molecule has 0 atom stereocenters. The first-order valence-corrected chi connectivity index (χ1v) is 10.5. The van der Waals surface area contributed by atoms with Crippen molar-refractivity contribution in [2.45, 2.75) is 0 Å². The van der Waals surface area contributed by atoms with Gasteiger partial charge in [-0.05, 0) is 85.0 Å². The van der Waals surface area contributed by atoms with Crippen molar-refractivity contribution in [3.8, 4) is 28.8 Å². The summed E-state index contributed by atoms with van der Waals surface area (Å²) in [5.74, 6) is 0.450. The summed E-state index contributed by atoms with van der Waals surface area (Å²) in [6.07, 6.45) is 1.24. The van der Waals surface area contributed by atoms with Crippen LogP contribution >= 0.6 is 12.2 Å². The minimum Gasteiger partial charge on any atom is -0.497 e. The van der Waals surface area contributed by atoms with Gasteiger partial charge >= 0.3 is 0 Å². The Morgan fingerprint density at radius 2 is 1.35 bits per heavy atom. The standard InChI is InChI=1S/C25H20FN3O4S/c1-32-20-11-7-18(8-12-20)28-23(30)22(15-27-17-5-3-16(26)4-6-17)24(31)29(25(28)34)19-9-13-21(33-2)14-10-19/h3-15,30H,1-2H3. The highest BCUT2D eigenvalue weighted by atomic mass is 32.1. The van der Waals surface area contributed by atoms with Gasteiger partial charge in [0.05, 0.1) is 31.3 Å². The lowest BCUT2D eigenvalue weighted by atomic mass is 10.2. The molecule has 0 unspecified atom stereocenters. The molecule has 34 heavy (non-hydrogen) atoms. The van der Waals surface area contributed by atoms with Crippen LogP contribution in [0.3, 0.4) is 0 Å². The highest BCUT2D eigenvalue weighted by molar-refractivity contribution is 7.71. The highest BCUT2D eigenvalue weighted by Gasteiger charge is 2.18. The molecule has 0 fully saturated rings. The molecule has 1 N–H and O–H groups in total. The van der Waals surface area contributed by atoms with Gasteiger partial charge in [-0.2, -0.15) is 0 Å². The normalized spacial score (nSPS) is 11.0. The van der Waals surface area contributed by atoms with Crippen molar-refractivity contribution in [1.82, 2.24) is 9.13 Å². The van der Waals surface area contributed by atoms with Gasteiger partial charge in [0.15, 0.2) is 4.77 Å². The Balaban J connectivity index is 1.96. The molecule has 7 nitrogen and oxygen atoms in total. The maximum atomic E-state index is 13.4. The average molecular weight is 478 g/mol. The van der Waals surface area contributed by atoms with Gasteiger partial charge in [-0.15, -0.1) is 0 Å². The Labute approximate surface area is 199 Å². The molecule has 0 aliphatic rings. The Hall–Kier alpha value is -4.24. The summed E-state index contributed by atoms with van der Waals surface area (Å²) in [6.45, 7) is 0. The van der Waals surface area contributed by atoms with Crippen LogP contribution in [0.15, 0.2) is 82.6 Å². The molecule has 0 saturated carbocycles. The van der Waals surface area contributed by atoms with Crippen LogP contribution in [0.2, 0.25) is 0 Å². The molecule has 4 aromatic rings. The molecule has 0 amide bonds. The molecule has 0 aliphatic carbocycles. The molecule has 0 radical (unpaired) electrons. The summed E-state index contributed by atoms with van der Waals surface area (Å²) in [4.78, 5) is 17.7. The summed E-state index contributed by atoms with van der Waals surface area (Å²) < 4.78 is 26.4. The zero-order chi connectivity index (χ0) is 24.2. The molecule has 9 heteroatoms. The van der Waals surface area contributed by atoms with Crippen LogP contribution in [0, 0.1) is 10.6 Å². The third-order valence-electron chi connectivity index (χ3n) is 5.10. The molecule has 3 aromatic carbocycles. The van der Waals surface area contributed by atoms with Crippen molar-refractivity contribution in [2.75, 3.05) is 14.2 Å². The third-order valence-corrected chi connectivity index (χ3v) is 5.46. The lowest BCUT2D eigenvalue weighted by Crippen LogP contribution is -2.27. The summed E-state index contributed by atoms with van der Waals surface area (Å²) in [5, 5.41) is 11.1. The molecular weight excluding hydrogens is 457 g/mol. The van der Waals surface area contributed by atoms with Crippen molar-refractivity contribution in [2.24, 2.45) is 4.99 Å². The Kier molecular flexibility index (Phi) is 6.55. The summed E-state index contributed by atoms with van der Waals surface area (Å²) in [7, 11) is 3.09. The Morgan fingerprint density at radius 1 is 0.853 bits per heavy atom. The van der Waals surface area contributed by atoms with E-state index in [9.17, 15) is 14.3 Å². The van der Waals surface area contributed by atoms with Crippen LogP contribution in [0.4, 0.5) is 10.1 Å². The van der Waals surface area contributed by atoms with Crippen LogP contribution < -0.4 is 15.0 Å². The van der Waals surface area contributed by atoms with Crippen molar-refractivity contribution in [3.63, 3.8) is 0 Å². The molecular formula is C25H20FN3O4S. The zero-order valence-electron chi connectivity index (χ0n) is 18.3. The largest absolute Gasteiger partial charge is 0.497 e. The molecule has 0 saturated heterocycles. The average Bonchev–Trinajstić information content (AvgIpc) is 2.86. The fourth-order valence-electron chi connectivity index (χ4n) is 3.32. The van der Waals surface area contributed by atoms with E-state index in [0.717, 1.165) is 0 Å². The predicted octanol–water partition coefficient (Wildman–Crippen LogP) is 4.97. The predicted molar refractivity (Wildman–Crippen MR) is 131 cm³/mol. The maximum absolute atomic E-state index is 13.4. The fraction of sp³-hybridized carbons (Fsp3) is 0.0800. The number of nitrogens with zero attached hydrogens (tertiary/aromatic N) is 3. The topological polar surface area (TPSA) is 78.0 Å². The lowest BCUT2D eigenvalue weighted by Gasteiger charge is -2.17. The van der Waals surface area contributed by atoms with Crippen LogP contribution in [0.1, 0.15) is 5.56 Å². The molecule has 1 aromatic heterocycles. The van der Waals surface area contributed by atoms with Gasteiger partial charge in [-0.1, -0.05) is 0 Å². The van der Waals surface area contributed by atoms with Gasteiger partial charge in [0.1, 0.15) is 22.9 Å². The number of methoxy groups -OCH3 is 2. The second-order valence-corrected chi connectivity index (χ2v) is 7.49. The zero-order valence-corrected chi connectivity index (χ0v) is 19.1. The molecule has 172 valence electrons. The van der Waals surface area contributed by atoms with E-state index in [1.165, 1.54) is 39.6 Å². The molecule has 0 bridgehead atoms. The Morgan fingerprint density at radius 3 is 1.85 bits per heavy atom. The van der Waals surface area contributed by atoms with Gasteiger partial charge in [0, 0.05) is 6.21 Å². The summed E-state index contributed by atoms with van der Waals surface area (Å²) in [5.41, 5.74) is 0.749. The van der Waals surface area contributed by atoms with Crippen molar-refractivity contribution in [3.05, 3.63) is 99.3 Å². The summed E-state index contributed by atoms with van der Waals surface area (Å²) in [6, 6.07) is 19.1. The maximum Gasteiger partial charge on any atom is 0.271 e. The van der Waals surface area contributed by atoms with Crippen LogP contribution in [0.25, 0.3) is 11.4 Å².